The van der Waals surface area contributed by atoms with Gasteiger partial charge in [0.05, 0.1) is 37.6 Å². The molecule has 1 saturated carbocycles. The normalized spacial score (nSPS) is 16.1. The van der Waals surface area contributed by atoms with Gasteiger partial charge in [-0.15, -0.1) is 0 Å². The zero-order chi connectivity index (χ0) is 23.5. The summed E-state index contributed by atoms with van der Waals surface area (Å²) in [6, 6.07) is 10.5. The number of aromatic nitrogens is 2. The van der Waals surface area contributed by atoms with E-state index in [0.29, 0.717) is 34.7 Å². The lowest BCUT2D eigenvalue weighted by molar-refractivity contribution is -0.0757. The zero-order valence-electron chi connectivity index (χ0n) is 19.2. The van der Waals surface area contributed by atoms with Crippen LogP contribution in [0.1, 0.15) is 59.1 Å². The van der Waals surface area contributed by atoms with Gasteiger partial charge in [-0.25, -0.2) is 9.31 Å². The van der Waals surface area contributed by atoms with Crippen molar-refractivity contribution in [2.75, 3.05) is 14.2 Å². The summed E-state index contributed by atoms with van der Waals surface area (Å²) in [6.07, 6.45) is 3.02. The number of aromatic carboxylic acids is 1. The predicted molar refractivity (Wildman–Crippen MR) is 122 cm³/mol. The Morgan fingerprint density at radius 2 is 1.82 bits per heavy atom. The number of rotatable bonds is 9. The molecule has 1 aliphatic carbocycles. The average Bonchev–Trinajstić information content (AvgIpc) is 3.47. The summed E-state index contributed by atoms with van der Waals surface area (Å²) in [7, 11) is 3.17. The molecule has 1 aromatic carbocycles. The fourth-order valence-corrected chi connectivity index (χ4v) is 4.53. The number of carbonyl (C=O) groups is 1. The lowest BCUT2D eigenvalue weighted by atomic mass is 9.98. The van der Waals surface area contributed by atoms with Crippen LogP contribution in [-0.2, 0) is 11.2 Å². The second-order valence-corrected chi connectivity index (χ2v) is 8.47. The van der Waals surface area contributed by atoms with Crippen molar-refractivity contribution in [1.82, 2.24) is 9.61 Å². The SMILES string of the molecule is COc1cc(C(O)C(Cc2cc3cccc(C(=O)O)n3n2)OC2CCCC2)cc(OC)c1C. The molecule has 1 fully saturated rings. The van der Waals surface area contributed by atoms with Crippen molar-refractivity contribution in [3.63, 3.8) is 0 Å². The van der Waals surface area contributed by atoms with Gasteiger partial charge >= 0.3 is 5.97 Å². The van der Waals surface area contributed by atoms with Gasteiger partial charge in [-0.1, -0.05) is 18.9 Å². The lowest BCUT2D eigenvalue weighted by Crippen LogP contribution is -2.29. The Labute approximate surface area is 192 Å². The molecule has 4 rings (SSSR count). The maximum absolute atomic E-state index is 11.6. The molecular formula is C25H30N2O6. The molecule has 176 valence electrons. The fraction of sp³-hybridized carbons (Fsp3) is 0.440. The Balaban J connectivity index is 1.68. The molecule has 0 radical (unpaired) electrons. The Morgan fingerprint density at radius 1 is 1.15 bits per heavy atom. The van der Waals surface area contributed by atoms with Gasteiger partial charge in [-0.3, -0.25) is 0 Å². The van der Waals surface area contributed by atoms with E-state index in [1.807, 2.05) is 19.1 Å². The highest BCUT2D eigenvalue weighted by Crippen LogP contribution is 2.35. The third kappa shape index (κ3) is 4.82. The van der Waals surface area contributed by atoms with Gasteiger partial charge in [-0.2, -0.15) is 5.10 Å². The highest BCUT2D eigenvalue weighted by Gasteiger charge is 2.29. The molecule has 8 heteroatoms. The molecule has 0 saturated heterocycles. The van der Waals surface area contributed by atoms with Crippen LogP contribution in [0.2, 0.25) is 0 Å². The van der Waals surface area contributed by atoms with E-state index >= 15 is 0 Å². The Morgan fingerprint density at radius 3 is 2.42 bits per heavy atom. The topological polar surface area (TPSA) is 103 Å². The second kappa shape index (κ2) is 9.80. The summed E-state index contributed by atoms with van der Waals surface area (Å²) < 4.78 is 18.8. The summed E-state index contributed by atoms with van der Waals surface area (Å²) in [5.41, 5.74) is 2.90. The number of fused-ring (bicyclic) bond motifs is 1. The quantitative estimate of drug-likeness (QED) is 0.504. The van der Waals surface area contributed by atoms with Crippen molar-refractivity contribution in [1.29, 1.82) is 0 Å². The van der Waals surface area contributed by atoms with Crippen LogP contribution in [0, 0.1) is 6.92 Å². The average molecular weight is 455 g/mol. The molecule has 3 aromatic rings. The van der Waals surface area contributed by atoms with Gasteiger partial charge < -0.3 is 24.4 Å². The number of benzene rings is 1. The molecule has 0 amide bonds. The molecule has 0 bridgehead atoms. The number of aliphatic hydroxyl groups excluding tert-OH is 1. The maximum Gasteiger partial charge on any atom is 0.354 e. The van der Waals surface area contributed by atoms with Crippen molar-refractivity contribution in [2.45, 2.75) is 57.3 Å². The van der Waals surface area contributed by atoms with Crippen LogP contribution in [0.4, 0.5) is 0 Å². The van der Waals surface area contributed by atoms with E-state index in [1.54, 1.807) is 32.4 Å². The summed E-state index contributed by atoms with van der Waals surface area (Å²) in [5.74, 6) is 0.205. The van der Waals surface area contributed by atoms with Crippen LogP contribution >= 0.6 is 0 Å². The number of nitrogens with zero attached hydrogens (tertiary/aromatic N) is 2. The van der Waals surface area contributed by atoms with E-state index in [1.165, 1.54) is 10.6 Å². The minimum absolute atomic E-state index is 0.0745. The van der Waals surface area contributed by atoms with Gasteiger partial charge in [-0.05, 0) is 55.7 Å². The summed E-state index contributed by atoms with van der Waals surface area (Å²) in [4.78, 5) is 11.6. The summed E-state index contributed by atoms with van der Waals surface area (Å²) in [5, 5.41) is 25.4. The molecule has 0 aliphatic heterocycles. The minimum Gasteiger partial charge on any atom is -0.496 e. The first kappa shape index (κ1) is 23.1. The molecule has 2 aromatic heterocycles. The van der Waals surface area contributed by atoms with E-state index in [-0.39, 0.29) is 11.8 Å². The first-order valence-corrected chi connectivity index (χ1v) is 11.2. The Bertz CT molecular complexity index is 1110. The fourth-order valence-electron chi connectivity index (χ4n) is 4.53. The van der Waals surface area contributed by atoms with E-state index in [4.69, 9.17) is 14.2 Å². The van der Waals surface area contributed by atoms with Gasteiger partial charge in [0.1, 0.15) is 23.3 Å². The van der Waals surface area contributed by atoms with Crippen LogP contribution in [0.15, 0.2) is 36.4 Å². The first-order chi connectivity index (χ1) is 15.9. The number of hydrogen-bond donors (Lipinski definition) is 2. The number of carboxylic acid groups (broad SMARTS) is 1. The van der Waals surface area contributed by atoms with E-state index < -0.39 is 18.2 Å². The van der Waals surface area contributed by atoms with Crippen molar-refractivity contribution in [3.8, 4) is 11.5 Å². The van der Waals surface area contributed by atoms with Gasteiger partial charge in [0.15, 0.2) is 0 Å². The monoisotopic (exact) mass is 454 g/mol. The Kier molecular flexibility index (Phi) is 6.85. The van der Waals surface area contributed by atoms with Crippen LogP contribution in [0.25, 0.3) is 5.52 Å². The van der Waals surface area contributed by atoms with Crippen LogP contribution in [-0.4, -0.2) is 52.2 Å². The van der Waals surface area contributed by atoms with Crippen molar-refractivity contribution >= 4 is 11.5 Å². The third-order valence-electron chi connectivity index (χ3n) is 6.30. The van der Waals surface area contributed by atoms with E-state index in [2.05, 4.69) is 5.10 Å². The van der Waals surface area contributed by atoms with Gasteiger partial charge in [0.2, 0.25) is 0 Å². The largest absolute Gasteiger partial charge is 0.496 e. The van der Waals surface area contributed by atoms with Crippen LogP contribution in [0.5, 0.6) is 11.5 Å². The number of ether oxygens (including phenoxy) is 3. The molecule has 2 heterocycles. The number of methoxy groups -OCH3 is 2. The standard InChI is InChI=1S/C25H30N2O6/c1-15-21(31-2)11-16(12-22(15)32-3)24(28)23(33-19-8-4-5-9-19)14-17-13-18-7-6-10-20(25(29)30)27(18)26-17/h6-7,10-13,19,23-24,28H,4-5,8-9,14H2,1-3H3,(H,29,30). The maximum atomic E-state index is 11.6. The highest BCUT2D eigenvalue weighted by molar-refractivity contribution is 5.86. The third-order valence-corrected chi connectivity index (χ3v) is 6.30. The summed E-state index contributed by atoms with van der Waals surface area (Å²) in [6.45, 7) is 1.90. The molecule has 2 unspecified atom stereocenters. The zero-order valence-corrected chi connectivity index (χ0v) is 19.2. The Hall–Kier alpha value is -3.10. The van der Waals surface area contributed by atoms with Crippen molar-refractivity contribution in [2.24, 2.45) is 0 Å². The second-order valence-electron chi connectivity index (χ2n) is 8.47. The van der Waals surface area contributed by atoms with Crippen LogP contribution in [0.3, 0.4) is 0 Å². The molecule has 1 aliphatic rings. The molecule has 33 heavy (non-hydrogen) atoms. The van der Waals surface area contributed by atoms with Crippen molar-refractivity contribution < 1.29 is 29.2 Å². The van der Waals surface area contributed by atoms with Crippen LogP contribution < -0.4 is 9.47 Å². The molecule has 0 spiro atoms. The number of carboxylic acids is 1. The number of aliphatic hydroxyl groups is 1. The smallest absolute Gasteiger partial charge is 0.354 e. The van der Waals surface area contributed by atoms with E-state index in [9.17, 15) is 15.0 Å². The molecular weight excluding hydrogens is 424 g/mol. The van der Waals surface area contributed by atoms with Crippen molar-refractivity contribution in [3.05, 3.63) is 58.9 Å². The first-order valence-electron chi connectivity index (χ1n) is 11.2. The van der Waals surface area contributed by atoms with E-state index in [0.717, 1.165) is 31.2 Å². The molecule has 2 atom stereocenters. The lowest BCUT2D eigenvalue weighted by Gasteiger charge is -2.27. The number of pyridine rings is 1. The predicted octanol–water partition coefficient (Wildman–Crippen LogP) is 3.96. The molecule has 2 N–H and O–H groups in total. The summed E-state index contributed by atoms with van der Waals surface area (Å²) >= 11 is 0. The molecule has 8 nitrogen and oxygen atoms in total. The minimum atomic E-state index is -1.05. The van der Waals surface area contributed by atoms with Gasteiger partial charge in [0, 0.05) is 12.0 Å². The van der Waals surface area contributed by atoms with Gasteiger partial charge in [0.25, 0.3) is 0 Å². The highest BCUT2D eigenvalue weighted by atomic mass is 16.5. The number of hydrogen-bond acceptors (Lipinski definition) is 6.